The van der Waals surface area contributed by atoms with Crippen molar-refractivity contribution in [3.8, 4) is 34.3 Å². The topological polar surface area (TPSA) is 78.1 Å². The van der Waals surface area contributed by atoms with Crippen molar-refractivity contribution in [3.63, 3.8) is 0 Å². The van der Waals surface area contributed by atoms with E-state index < -0.39 is 11.2 Å². The van der Waals surface area contributed by atoms with Crippen LogP contribution in [0.5, 0.6) is 23.0 Å². The molecule has 33 heavy (non-hydrogen) atoms. The molecule has 0 saturated carbocycles. The van der Waals surface area contributed by atoms with Crippen LogP contribution in [0.25, 0.3) is 22.3 Å². The third-order valence-electron chi connectivity index (χ3n) is 5.65. The Hall–Kier alpha value is -3.41. The number of rotatable bonds is 11. The Bertz CT molecular complexity index is 1180. The molecule has 1 N–H and O–H groups in total. The molecular formula is C27H32O6. The van der Waals surface area contributed by atoms with Crippen molar-refractivity contribution in [2.75, 3.05) is 21.3 Å². The van der Waals surface area contributed by atoms with Crippen LogP contribution in [-0.4, -0.2) is 26.4 Å². The van der Waals surface area contributed by atoms with Gasteiger partial charge in [-0.2, -0.15) is 0 Å². The van der Waals surface area contributed by atoms with Gasteiger partial charge in [0.25, 0.3) is 0 Å². The van der Waals surface area contributed by atoms with Crippen LogP contribution < -0.4 is 19.6 Å². The number of methoxy groups -OCH3 is 3. The molecule has 0 aliphatic rings. The number of para-hydroxylation sites is 1. The molecule has 0 aliphatic carbocycles. The molecule has 3 rings (SSSR count). The van der Waals surface area contributed by atoms with Crippen LogP contribution in [0.4, 0.5) is 0 Å². The zero-order valence-electron chi connectivity index (χ0n) is 19.8. The van der Waals surface area contributed by atoms with E-state index >= 15 is 0 Å². The lowest BCUT2D eigenvalue weighted by Crippen LogP contribution is -2.05. The summed E-state index contributed by atoms with van der Waals surface area (Å²) in [6, 6.07) is 8.65. The van der Waals surface area contributed by atoms with E-state index in [4.69, 9.17) is 18.6 Å². The molecule has 2 aromatic carbocycles. The highest BCUT2D eigenvalue weighted by atomic mass is 16.5. The number of ether oxygens (including phenoxy) is 3. The van der Waals surface area contributed by atoms with E-state index in [0.29, 0.717) is 40.2 Å². The Morgan fingerprint density at radius 2 is 1.67 bits per heavy atom. The summed E-state index contributed by atoms with van der Waals surface area (Å²) in [7, 11) is 4.53. The first-order chi connectivity index (χ1) is 16.0. The summed E-state index contributed by atoms with van der Waals surface area (Å²) in [5.74, 6) is 0.827. The Morgan fingerprint density at radius 3 is 2.36 bits per heavy atom. The number of hydrogen-bond donors (Lipinski definition) is 1. The van der Waals surface area contributed by atoms with Crippen molar-refractivity contribution >= 4 is 11.0 Å². The summed E-state index contributed by atoms with van der Waals surface area (Å²) in [5, 5.41) is 11.1. The van der Waals surface area contributed by atoms with Gasteiger partial charge in [-0.1, -0.05) is 50.5 Å². The average molecular weight is 453 g/mol. The van der Waals surface area contributed by atoms with Crippen molar-refractivity contribution in [2.45, 2.75) is 45.4 Å². The molecule has 0 bridgehead atoms. The second-order valence-corrected chi connectivity index (χ2v) is 7.84. The highest BCUT2D eigenvalue weighted by Crippen LogP contribution is 2.43. The predicted molar refractivity (Wildman–Crippen MR) is 131 cm³/mol. The molecule has 0 saturated heterocycles. The smallest absolute Gasteiger partial charge is 0.235 e. The third kappa shape index (κ3) is 5.33. The third-order valence-corrected chi connectivity index (χ3v) is 5.65. The zero-order valence-corrected chi connectivity index (χ0v) is 19.8. The maximum atomic E-state index is 13.0. The van der Waals surface area contributed by atoms with Gasteiger partial charge in [0.05, 0.1) is 32.3 Å². The Labute approximate surface area is 194 Å². The molecule has 1 aromatic heterocycles. The molecule has 0 fully saturated rings. The standard InChI is InChI=1S/C27H32O6/c1-5-6-7-8-9-10-11-13-18-14-12-15-19-24(28)25(29)27(33-26(18)19)20-16-22(31-3)23(32-4)17-21(20)30-2/h10-12,14-17,29H,5-9,13H2,1-4H3/b11-10-. The summed E-state index contributed by atoms with van der Waals surface area (Å²) in [5.41, 5.74) is 1.22. The molecule has 6 heteroatoms. The van der Waals surface area contributed by atoms with Crippen molar-refractivity contribution in [2.24, 2.45) is 0 Å². The van der Waals surface area contributed by atoms with Crippen LogP contribution in [0.2, 0.25) is 0 Å². The summed E-state index contributed by atoms with van der Waals surface area (Å²) >= 11 is 0. The fourth-order valence-electron chi connectivity index (χ4n) is 3.83. The van der Waals surface area contributed by atoms with Crippen molar-refractivity contribution in [3.05, 3.63) is 58.3 Å². The quantitative estimate of drug-likeness (QED) is 0.273. The first-order valence-corrected chi connectivity index (χ1v) is 11.3. The number of fused-ring (bicyclic) bond motifs is 1. The monoisotopic (exact) mass is 452 g/mol. The lowest BCUT2D eigenvalue weighted by molar-refractivity contribution is 0.349. The molecular weight excluding hydrogens is 420 g/mol. The number of benzene rings is 2. The van der Waals surface area contributed by atoms with Crippen molar-refractivity contribution < 1.29 is 23.7 Å². The fraction of sp³-hybridized carbons (Fsp3) is 0.370. The van der Waals surface area contributed by atoms with Gasteiger partial charge in [0, 0.05) is 6.07 Å². The van der Waals surface area contributed by atoms with Crippen LogP contribution >= 0.6 is 0 Å². The highest BCUT2D eigenvalue weighted by molar-refractivity contribution is 5.86. The first-order valence-electron chi connectivity index (χ1n) is 11.3. The minimum Gasteiger partial charge on any atom is -0.502 e. The molecule has 0 spiro atoms. The predicted octanol–water partition coefficient (Wildman–Crippen LogP) is 6.26. The molecule has 0 atom stereocenters. The van der Waals surface area contributed by atoms with Crippen LogP contribution in [-0.2, 0) is 6.42 Å². The molecule has 3 aromatic rings. The van der Waals surface area contributed by atoms with Crippen LogP contribution in [0.15, 0.2) is 51.7 Å². The van der Waals surface area contributed by atoms with Gasteiger partial charge in [-0.25, -0.2) is 0 Å². The molecule has 1 heterocycles. The van der Waals surface area contributed by atoms with Crippen molar-refractivity contribution in [1.82, 2.24) is 0 Å². The summed E-state index contributed by atoms with van der Waals surface area (Å²) in [4.78, 5) is 13.0. The van der Waals surface area contributed by atoms with Gasteiger partial charge < -0.3 is 23.7 Å². The first kappa shape index (κ1) is 24.2. The number of hydrogen-bond acceptors (Lipinski definition) is 6. The largest absolute Gasteiger partial charge is 0.502 e. The number of unbranched alkanes of at least 4 members (excludes halogenated alkanes) is 4. The second-order valence-electron chi connectivity index (χ2n) is 7.84. The van der Waals surface area contributed by atoms with Crippen molar-refractivity contribution in [1.29, 1.82) is 0 Å². The number of allylic oxidation sites excluding steroid dienone is 2. The van der Waals surface area contributed by atoms with E-state index in [1.54, 1.807) is 24.3 Å². The summed E-state index contributed by atoms with van der Waals surface area (Å²) in [6.45, 7) is 2.20. The highest BCUT2D eigenvalue weighted by Gasteiger charge is 2.22. The van der Waals surface area contributed by atoms with E-state index in [1.165, 1.54) is 47.0 Å². The van der Waals surface area contributed by atoms with E-state index in [0.717, 1.165) is 12.0 Å². The van der Waals surface area contributed by atoms with Crippen LogP contribution in [0.3, 0.4) is 0 Å². The maximum Gasteiger partial charge on any atom is 0.235 e. The molecule has 0 amide bonds. The minimum atomic E-state index is -0.492. The van der Waals surface area contributed by atoms with E-state index in [1.807, 2.05) is 6.07 Å². The lowest BCUT2D eigenvalue weighted by atomic mass is 10.0. The number of aromatic hydroxyl groups is 1. The van der Waals surface area contributed by atoms with Gasteiger partial charge in [-0.05, 0) is 37.0 Å². The van der Waals surface area contributed by atoms with Gasteiger partial charge >= 0.3 is 0 Å². The molecule has 0 unspecified atom stereocenters. The SMILES string of the molecule is CCCCCC/C=C\Cc1cccc2c(=O)c(O)c(-c3cc(OC)c(OC)cc3OC)oc12. The van der Waals surface area contributed by atoms with Crippen LogP contribution in [0.1, 0.15) is 44.6 Å². The molecule has 6 nitrogen and oxygen atoms in total. The maximum absolute atomic E-state index is 13.0. The fourth-order valence-corrected chi connectivity index (χ4v) is 3.83. The molecule has 176 valence electrons. The van der Waals surface area contributed by atoms with Gasteiger partial charge in [-0.15, -0.1) is 0 Å². The Balaban J connectivity index is 2.05. The lowest BCUT2D eigenvalue weighted by Gasteiger charge is -2.15. The summed E-state index contributed by atoms with van der Waals surface area (Å²) in [6.07, 6.45) is 10.8. The van der Waals surface area contributed by atoms with Gasteiger partial charge in [0.2, 0.25) is 11.2 Å². The second kappa shape index (κ2) is 11.5. The molecule has 0 radical (unpaired) electrons. The van der Waals surface area contributed by atoms with E-state index in [9.17, 15) is 9.90 Å². The molecule has 0 aliphatic heterocycles. The summed E-state index contributed by atoms with van der Waals surface area (Å²) < 4.78 is 22.4. The van der Waals surface area contributed by atoms with E-state index in [-0.39, 0.29) is 5.76 Å². The van der Waals surface area contributed by atoms with Gasteiger partial charge in [0.15, 0.2) is 17.3 Å². The van der Waals surface area contributed by atoms with Gasteiger partial charge in [0.1, 0.15) is 11.3 Å². The Morgan fingerprint density at radius 1 is 0.939 bits per heavy atom. The Kier molecular flexibility index (Phi) is 8.41. The van der Waals surface area contributed by atoms with Gasteiger partial charge in [-0.3, -0.25) is 4.79 Å². The normalized spacial score (nSPS) is 11.3. The zero-order chi connectivity index (χ0) is 23.8. The minimum absolute atomic E-state index is 0.0290. The van der Waals surface area contributed by atoms with Crippen LogP contribution in [0, 0.1) is 0 Å². The van der Waals surface area contributed by atoms with E-state index in [2.05, 4.69) is 19.1 Å². The average Bonchev–Trinajstić information content (AvgIpc) is 2.84.